The zero-order valence-corrected chi connectivity index (χ0v) is 14.8. The summed E-state index contributed by atoms with van der Waals surface area (Å²) in [5.74, 6) is -0.0633. The summed E-state index contributed by atoms with van der Waals surface area (Å²) >= 11 is 0. The molecule has 4 rings (SSSR count). The highest BCUT2D eigenvalue weighted by Gasteiger charge is 2.13. The van der Waals surface area contributed by atoms with E-state index >= 15 is 0 Å². The first-order chi connectivity index (χ1) is 13.8. The van der Waals surface area contributed by atoms with Crippen LogP contribution < -0.4 is 5.43 Å². The van der Waals surface area contributed by atoms with Crippen LogP contribution in [0.4, 0.5) is 10.3 Å². The molecule has 0 saturated carbocycles. The first-order valence-electron chi connectivity index (χ1n) is 8.70. The Bertz CT molecular complexity index is 1100. The van der Waals surface area contributed by atoms with Crippen molar-refractivity contribution in [1.29, 1.82) is 0 Å². The Balaban J connectivity index is 1.66. The van der Waals surface area contributed by atoms with Gasteiger partial charge in [-0.3, -0.25) is 0 Å². The summed E-state index contributed by atoms with van der Waals surface area (Å²) in [5, 5.41) is 12.6. The van der Waals surface area contributed by atoms with Crippen LogP contribution in [-0.4, -0.2) is 21.4 Å². The largest absolute Gasteiger partial charge is 0.263 e. The van der Waals surface area contributed by atoms with E-state index in [-0.39, 0.29) is 11.8 Å². The Morgan fingerprint density at radius 2 is 1.43 bits per heavy atom. The van der Waals surface area contributed by atoms with E-state index < -0.39 is 0 Å². The lowest BCUT2D eigenvalue weighted by Gasteiger charge is -2.09. The molecular weight excluding hydrogens is 353 g/mol. The van der Waals surface area contributed by atoms with Gasteiger partial charge in [0.15, 0.2) is 0 Å². The van der Waals surface area contributed by atoms with Gasteiger partial charge in [-0.25, -0.2) is 14.8 Å². The highest BCUT2D eigenvalue weighted by atomic mass is 19.1. The van der Waals surface area contributed by atoms with Crippen molar-refractivity contribution in [1.82, 2.24) is 15.2 Å². The average molecular weight is 369 g/mol. The molecule has 0 aliphatic carbocycles. The molecule has 0 amide bonds. The molecule has 1 N–H and O–H groups in total. The van der Waals surface area contributed by atoms with Crippen molar-refractivity contribution >= 4 is 12.2 Å². The van der Waals surface area contributed by atoms with Crippen LogP contribution in [0.3, 0.4) is 0 Å². The highest BCUT2D eigenvalue weighted by molar-refractivity contribution is 5.80. The Hall–Kier alpha value is -3.93. The fourth-order valence-corrected chi connectivity index (χ4v) is 2.71. The minimum absolute atomic E-state index is 0.256. The molecule has 0 bridgehead atoms. The van der Waals surface area contributed by atoms with Crippen molar-refractivity contribution in [3.63, 3.8) is 0 Å². The van der Waals surface area contributed by atoms with Crippen LogP contribution in [-0.2, 0) is 0 Å². The number of halogens is 1. The van der Waals surface area contributed by atoms with E-state index in [0.29, 0.717) is 17.0 Å². The predicted octanol–water partition coefficient (Wildman–Crippen LogP) is 4.79. The lowest BCUT2D eigenvalue weighted by molar-refractivity contribution is 0.627. The molecule has 3 aromatic carbocycles. The molecule has 0 radical (unpaired) electrons. The molecule has 4 aromatic rings. The van der Waals surface area contributed by atoms with Gasteiger partial charge in [-0.1, -0.05) is 72.8 Å². The lowest BCUT2D eigenvalue weighted by atomic mass is 10.0. The second-order valence-corrected chi connectivity index (χ2v) is 5.99. The first-order valence-corrected chi connectivity index (χ1v) is 8.70. The number of aromatic nitrogens is 3. The summed E-state index contributed by atoms with van der Waals surface area (Å²) in [6.45, 7) is 0. The molecule has 136 valence electrons. The van der Waals surface area contributed by atoms with Gasteiger partial charge in [0.05, 0.1) is 6.21 Å². The van der Waals surface area contributed by atoms with Gasteiger partial charge >= 0.3 is 0 Å². The summed E-state index contributed by atoms with van der Waals surface area (Å²) in [4.78, 5) is 4.60. The van der Waals surface area contributed by atoms with Crippen LogP contribution in [0.25, 0.3) is 22.5 Å². The zero-order chi connectivity index (χ0) is 19.2. The van der Waals surface area contributed by atoms with Crippen LogP contribution in [0.2, 0.25) is 0 Å². The van der Waals surface area contributed by atoms with Gasteiger partial charge in [0.1, 0.15) is 17.2 Å². The summed E-state index contributed by atoms with van der Waals surface area (Å²) in [6.07, 6.45) is 1.50. The molecule has 0 aliphatic heterocycles. The summed E-state index contributed by atoms with van der Waals surface area (Å²) in [6, 6.07) is 25.7. The maximum absolute atomic E-state index is 13.2. The number of rotatable bonds is 5. The van der Waals surface area contributed by atoms with Gasteiger partial charge in [0.25, 0.3) is 5.95 Å². The van der Waals surface area contributed by atoms with Gasteiger partial charge in [0.2, 0.25) is 0 Å². The second-order valence-electron chi connectivity index (χ2n) is 5.99. The van der Waals surface area contributed by atoms with Crippen molar-refractivity contribution in [3.05, 3.63) is 96.3 Å². The molecule has 5 nitrogen and oxygen atoms in total. The molecule has 28 heavy (non-hydrogen) atoms. The number of hydrogen-bond donors (Lipinski definition) is 1. The van der Waals surface area contributed by atoms with E-state index in [4.69, 9.17) is 0 Å². The Morgan fingerprint density at radius 1 is 0.750 bits per heavy atom. The van der Waals surface area contributed by atoms with E-state index in [2.05, 4.69) is 25.7 Å². The van der Waals surface area contributed by atoms with Crippen LogP contribution >= 0.6 is 0 Å². The molecule has 1 heterocycles. The number of nitrogens with zero attached hydrogens (tertiary/aromatic N) is 4. The maximum Gasteiger partial charge on any atom is 0.263 e. The van der Waals surface area contributed by atoms with Gasteiger partial charge in [-0.15, -0.1) is 10.2 Å². The van der Waals surface area contributed by atoms with Gasteiger partial charge in [-0.2, -0.15) is 5.10 Å². The number of hydrazone groups is 1. The van der Waals surface area contributed by atoms with E-state index in [1.54, 1.807) is 12.1 Å². The summed E-state index contributed by atoms with van der Waals surface area (Å²) in [7, 11) is 0. The van der Waals surface area contributed by atoms with Crippen LogP contribution in [0.5, 0.6) is 0 Å². The normalized spacial score (nSPS) is 10.9. The van der Waals surface area contributed by atoms with Crippen molar-refractivity contribution in [3.8, 4) is 22.5 Å². The molecular formula is C22H16FN5. The lowest BCUT2D eigenvalue weighted by Crippen LogP contribution is -2.03. The number of nitrogens with one attached hydrogen (secondary N) is 1. The van der Waals surface area contributed by atoms with Gasteiger partial charge in [0, 0.05) is 11.1 Å². The summed E-state index contributed by atoms with van der Waals surface area (Å²) in [5.41, 5.74) is 6.63. The second kappa shape index (κ2) is 8.18. The van der Waals surface area contributed by atoms with Crippen LogP contribution in [0.15, 0.2) is 90.0 Å². The van der Waals surface area contributed by atoms with Crippen molar-refractivity contribution in [2.24, 2.45) is 5.10 Å². The van der Waals surface area contributed by atoms with Gasteiger partial charge in [-0.05, 0) is 17.7 Å². The number of benzene rings is 3. The monoisotopic (exact) mass is 369 g/mol. The van der Waals surface area contributed by atoms with E-state index in [1.165, 1.54) is 18.3 Å². The topological polar surface area (TPSA) is 63.1 Å². The fraction of sp³-hybridized carbons (Fsp3) is 0. The molecule has 0 fully saturated rings. The fourth-order valence-electron chi connectivity index (χ4n) is 2.71. The third-order valence-corrected chi connectivity index (χ3v) is 4.01. The maximum atomic E-state index is 13.2. The van der Waals surface area contributed by atoms with Gasteiger partial charge < -0.3 is 0 Å². The average Bonchev–Trinajstić information content (AvgIpc) is 2.75. The summed E-state index contributed by atoms with van der Waals surface area (Å²) < 4.78 is 13.2. The third-order valence-electron chi connectivity index (χ3n) is 4.01. The molecule has 0 saturated heterocycles. The predicted molar refractivity (Wildman–Crippen MR) is 108 cm³/mol. The molecule has 6 heteroatoms. The van der Waals surface area contributed by atoms with Crippen molar-refractivity contribution < 1.29 is 4.39 Å². The minimum atomic E-state index is -0.319. The highest BCUT2D eigenvalue weighted by Crippen LogP contribution is 2.28. The molecule has 0 unspecified atom stereocenters. The standard InChI is InChI=1S/C22H16FN5/c23-19-13-7-8-16(14-19)15-24-27-22-25-20(17-9-3-1-4-10-17)21(26-28-22)18-11-5-2-6-12-18/h1-15H,(H,25,27,28)/b24-15+. The Kier molecular flexibility index (Phi) is 5.11. The zero-order valence-electron chi connectivity index (χ0n) is 14.8. The third kappa shape index (κ3) is 4.07. The van der Waals surface area contributed by atoms with Crippen molar-refractivity contribution in [2.45, 2.75) is 0 Å². The number of anilines is 1. The number of hydrogen-bond acceptors (Lipinski definition) is 5. The smallest absolute Gasteiger partial charge is 0.244 e. The van der Waals surface area contributed by atoms with E-state index in [9.17, 15) is 4.39 Å². The molecule has 1 aromatic heterocycles. The van der Waals surface area contributed by atoms with Crippen LogP contribution in [0.1, 0.15) is 5.56 Å². The SMILES string of the molecule is Fc1cccc(/C=N/Nc2nnc(-c3ccccc3)c(-c3ccccc3)n2)c1. The quantitative estimate of drug-likeness (QED) is 0.406. The van der Waals surface area contributed by atoms with E-state index in [1.807, 2.05) is 60.7 Å². The van der Waals surface area contributed by atoms with E-state index in [0.717, 1.165) is 11.1 Å². The first kappa shape index (κ1) is 17.5. The Labute approximate surface area is 161 Å². The molecule has 0 atom stereocenters. The van der Waals surface area contributed by atoms with Crippen molar-refractivity contribution in [2.75, 3.05) is 5.43 Å². The molecule has 0 spiro atoms. The van der Waals surface area contributed by atoms with Crippen LogP contribution in [0, 0.1) is 5.82 Å². The Morgan fingerprint density at radius 3 is 2.11 bits per heavy atom. The minimum Gasteiger partial charge on any atom is -0.244 e. The molecule has 0 aliphatic rings.